The molecule has 0 radical (unpaired) electrons. The van der Waals surface area contributed by atoms with Gasteiger partial charge in [0.2, 0.25) is 0 Å². The van der Waals surface area contributed by atoms with Crippen molar-refractivity contribution >= 4 is 23.4 Å². The number of rotatable bonds is 4. The predicted octanol–water partition coefficient (Wildman–Crippen LogP) is 3.50. The molecule has 0 unspecified atom stereocenters. The summed E-state index contributed by atoms with van der Waals surface area (Å²) in [4.78, 5) is 24.3. The summed E-state index contributed by atoms with van der Waals surface area (Å²) in [6, 6.07) is 6.89. The lowest BCUT2D eigenvalue weighted by atomic mass is 9.88. The number of Topliss-reactive ketones (excluding diaryl/α,β-unsaturated/α-hetero) is 1. The Hall–Kier alpha value is -1.35. The molecule has 4 heteroatoms. The molecule has 0 heterocycles. The Bertz CT molecular complexity index is 484. The van der Waals surface area contributed by atoms with Crippen molar-refractivity contribution in [1.29, 1.82) is 0 Å². The molecule has 0 bridgehead atoms. The molecular formula is C15H17ClO3. The van der Waals surface area contributed by atoms with Gasteiger partial charge in [-0.15, -0.1) is 0 Å². The van der Waals surface area contributed by atoms with Crippen molar-refractivity contribution in [1.82, 2.24) is 0 Å². The molecule has 1 aromatic carbocycles. The van der Waals surface area contributed by atoms with E-state index in [4.69, 9.17) is 16.3 Å². The van der Waals surface area contributed by atoms with Gasteiger partial charge in [-0.05, 0) is 31.9 Å². The summed E-state index contributed by atoms with van der Waals surface area (Å²) in [6.45, 7) is 2.13. The number of halogens is 1. The van der Waals surface area contributed by atoms with Crippen molar-refractivity contribution in [3.8, 4) is 0 Å². The molecule has 0 saturated heterocycles. The predicted molar refractivity (Wildman–Crippen MR) is 73.2 cm³/mol. The zero-order valence-electron chi connectivity index (χ0n) is 10.9. The van der Waals surface area contributed by atoms with E-state index in [0.29, 0.717) is 17.2 Å². The van der Waals surface area contributed by atoms with Crippen LogP contribution in [0.15, 0.2) is 24.3 Å². The van der Waals surface area contributed by atoms with E-state index in [0.717, 1.165) is 19.3 Å². The van der Waals surface area contributed by atoms with Crippen LogP contribution in [-0.4, -0.2) is 18.4 Å². The summed E-state index contributed by atoms with van der Waals surface area (Å²) in [5.41, 5.74) is 0.577. The molecule has 1 aliphatic carbocycles. The van der Waals surface area contributed by atoms with Crippen LogP contribution >= 0.6 is 11.6 Å². The lowest BCUT2D eigenvalue weighted by molar-refractivity contribution is -0.148. The van der Waals surface area contributed by atoms with E-state index >= 15 is 0 Å². The summed E-state index contributed by atoms with van der Waals surface area (Å²) in [5, 5.41) is 0.538. The van der Waals surface area contributed by atoms with E-state index in [1.165, 1.54) is 0 Å². The number of carbonyl (C=O) groups is 2. The van der Waals surface area contributed by atoms with Crippen LogP contribution in [0.3, 0.4) is 0 Å². The Balaban J connectivity index is 2.16. The Morgan fingerprint density at radius 2 is 2.05 bits per heavy atom. The topological polar surface area (TPSA) is 43.4 Å². The minimum absolute atomic E-state index is 0.00180. The number of ether oxygens (including phenoxy) is 1. The summed E-state index contributed by atoms with van der Waals surface area (Å²) >= 11 is 5.90. The Labute approximate surface area is 117 Å². The molecular weight excluding hydrogens is 264 g/mol. The summed E-state index contributed by atoms with van der Waals surface area (Å²) < 4.78 is 5.05. The molecule has 19 heavy (non-hydrogen) atoms. The van der Waals surface area contributed by atoms with Crippen molar-refractivity contribution in [3.63, 3.8) is 0 Å². The van der Waals surface area contributed by atoms with Gasteiger partial charge in [0.15, 0.2) is 5.78 Å². The standard InChI is InChI=1S/C15H17ClO3/c1-2-19-15(18)13-8-4-7-12(13)14(17)10-5-3-6-11(16)9-10/h3,5-6,9,12-13H,2,4,7-8H2,1H3/t12-,13+/m0/s1. The zero-order chi connectivity index (χ0) is 13.8. The van der Waals surface area contributed by atoms with E-state index in [1.807, 2.05) is 0 Å². The third-order valence-electron chi connectivity index (χ3n) is 3.55. The highest BCUT2D eigenvalue weighted by Crippen LogP contribution is 2.35. The highest BCUT2D eigenvalue weighted by atomic mass is 35.5. The molecule has 1 fully saturated rings. The first-order chi connectivity index (χ1) is 9.13. The zero-order valence-corrected chi connectivity index (χ0v) is 11.7. The maximum absolute atomic E-state index is 12.5. The lowest BCUT2D eigenvalue weighted by Gasteiger charge is -2.17. The second-order valence-corrected chi connectivity index (χ2v) is 5.21. The van der Waals surface area contributed by atoms with Crippen molar-refractivity contribution < 1.29 is 14.3 Å². The first kappa shape index (κ1) is 14.1. The molecule has 0 N–H and O–H groups in total. The average Bonchev–Trinajstić information content (AvgIpc) is 2.87. The quantitative estimate of drug-likeness (QED) is 0.626. The Kier molecular flexibility index (Phi) is 4.59. The normalized spacial score (nSPS) is 22.2. The van der Waals surface area contributed by atoms with Crippen LogP contribution in [0.2, 0.25) is 5.02 Å². The van der Waals surface area contributed by atoms with E-state index in [9.17, 15) is 9.59 Å². The lowest BCUT2D eigenvalue weighted by Crippen LogP contribution is -2.27. The minimum Gasteiger partial charge on any atom is -0.466 e. The minimum atomic E-state index is -0.300. The van der Waals surface area contributed by atoms with Crippen molar-refractivity contribution in [2.45, 2.75) is 26.2 Å². The fourth-order valence-electron chi connectivity index (χ4n) is 2.66. The fourth-order valence-corrected chi connectivity index (χ4v) is 2.85. The van der Waals surface area contributed by atoms with Gasteiger partial charge in [-0.25, -0.2) is 0 Å². The number of hydrogen-bond donors (Lipinski definition) is 0. The third kappa shape index (κ3) is 3.16. The second-order valence-electron chi connectivity index (χ2n) is 4.77. The third-order valence-corrected chi connectivity index (χ3v) is 3.79. The average molecular weight is 281 g/mol. The molecule has 0 spiro atoms. The molecule has 0 aromatic heterocycles. The van der Waals surface area contributed by atoms with Gasteiger partial charge < -0.3 is 4.74 Å². The second kappa shape index (κ2) is 6.20. The molecule has 0 aliphatic heterocycles. The largest absolute Gasteiger partial charge is 0.466 e. The van der Waals surface area contributed by atoms with Gasteiger partial charge in [0.05, 0.1) is 12.5 Å². The molecule has 0 amide bonds. The van der Waals surface area contributed by atoms with Crippen LogP contribution in [0.25, 0.3) is 0 Å². The summed E-state index contributed by atoms with van der Waals surface area (Å²) in [5.74, 6) is -0.817. The van der Waals surface area contributed by atoms with E-state index in [1.54, 1.807) is 31.2 Å². The summed E-state index contributed by atoms with van der Waals surface area (Å²) in [7, 11) is 0. The van der Waals surface area contributed by atoms with Crippen molar-refractivity contribution in [2.75, 3.05) is 6.61 Å². The van der Waals surface area contributed by atoms with Crippen LogP contribution in [0.1, 0.15) is 36.5 Å². The van der Waals surface area contributed by atoms with Gasteiger partial charge in [-0.3, -0.25) is 9.59 Å². The summed E-state index contributed by atoms with van der Waals surface area (Å²) in [6.07, 6.45) is 2.37. The van der Waals surface area contributed by atoms with E-state index < -0.39 is 0 Å². The first-order valence-electron chi connectivity index (χ1n) is 6.60. The van der Waals surface area contributed by atoms with Crippen LogP contribution in [0, 0.1) is 11.8 Å². The van der Waals surface area contributed by atoms with Crippen LogP contribution in [0.4, 0.5) is 0 Å². The molecule has 3 nitrogen and oxygen atoms in total. The Morgan fingerprint density at radius 1 is 1.32 bits per heavy atom. The highest BCUT2D eigenvalue weighted by Gasteiger charge is 2.38. The number of esters is 1. The van der Waals surface area contributed by atoms with Gasteiger partial charge in [-0.2, -0.15) is 0 Å². The van der Waals surface area contributed by atoms with Crippen LogP contribution in [-0.2, 0) is 9.53 Å². The number of hydrogen-bond acceptors (Lipinski definition) is 3. The Morgan fingerprint density at radius 3 is 2.74 bits per heavy atom. The van der Waals surface area contributed by atoms with E-state index in [-0.39, 0.29) is 23.6 Å². The highest BCUT2D eigenvalue weighted by molar-refractivity contribution is 6.31. The molecule has 1 saturated carbocycles. The van der Waals surface area contributed by atoms with Gasteiger partial charge in [0.1, 0.15) is 0 Å². The van der Waals surface area contributed by atoms with Crippen LogP contribution < -0.4 is 0 Å². The molecule has 102 valence electrons. The molecule has 2 rings (SSSR count). The van der Waals surface area contributed by atoms with Gasteiger partial charge >= 0.3 is 5.97 Å². The van der Waals surface area contributed by atoms with Gasteiger partial charge in [-0.1, -0.05) is 30.2 Å². The first-order valence-corrected chi connectivity index (χ1v) is 6.97. The number of carbonyl (C=O) groups excluding carboxylic acids is 2. The van der Waals surface area contributed by atoms with Crippen LogP contribution in [0.5, 0.6) is 0 Å². The molecule has 2 atom stereocenters. The smallest absolute Gasteiger partial charge is 0.309 e. The maximum atomic E-state index is 12.5. The maximum Gasteiger partial charge on any atom is 0.309 e. The van der Waals surface area contributed by atoms with Gasteiger partial charge in [0, 0.05) is 16.5 Å². The number of ketones is 1. The van der Waals surface area contributed by atoms with Crippen molar-refractivity contribution in [3.05, 3.63) is 34.9 Å². The van der Waals surface area contributed by atoms with E-state index in [2.05, 4.69) is 0 Å². The SMILES string of the molecule is CCOC(=O)[C@@H]1CCC[C@@H]1C(=O)c1cccc(Cl)c1. The van der Waals surface area contributed by atoms with Gasteiger partial charge in [0.25, 0.3) is 0 Å². The molecule has 1 aromatic rings. The van der Waals surface area contributed by atoms with Crippen molar-refractivity contribution in [2.24, 2.45) is 11.8 Å². The monoisotopic (exact) mass is 280 g/mol. The number of benzene rings is 1. The fraction of sp³-hybridized carbons (Fsp3) is 0.467. The molecule has 1 aliphatic rings.